The lowest BCUT2D eigenvalue weighted by atomic mass is 10.1. The monoisotopic (exact) mass is 308 g/mol. The molecule has 0 fully saturated rings. The van der Waals surface area contributed by atoms with Crippen molar-refractivity contribution in [2.75, 3.05) is 7.11 Å². The van der Waals surface area contributed by atoms with Crippen LogP contribution in [0.5, 0.6) is 5.75 Å². The first-order chi connectivity index (χ1) is 8.70. The lowest BCUT2D eigenvalue weighted by molar-refractivity contribution is 0.411. The minimum atomic E-state index is 0.288. The van der Waals surface area contributed by atoms with Crippen molar-refractivity contribution in [3.8, 4) is 5.75 Å². The highest BCUT2D eigenvalue weighted by Gasteiger charge is 2.08. The molecule has 2 aromatic rings. The maximum absolute atomic E-state index is 5.23. The second-order valence-electron chi connectivity index (χ2n) is 4.19. The van der Waals surface area contributed by atoms with Gasteiger partial charge in [-0.1, -0.05) is 6.07 Å². The molecular formula is C14H17BrN2O. The van der Waals surface area contributed by atoms with Crippen LogP contribution in [0.3, 0.4) is 0 Å². The van der Waals surface area contributed by atoms with Crippen LogP contribution in [0.25, 0.3) is 0 Å². The number of ether oxygens (including phenoxy) is 1. The third-order valence-electron chi connectivity index (χ3n) is 2.94. The Morgan fingerprint density at radius 3 is 2.83 bits per heavy atom. The molecule has 0 bridgehead atoms. The highest BCUT2D eigenvalue weighted by atomic mass is 79.9. The fourth-order valence-corrected chi connectivity index (χ4v) is 2.37. The van der Waals surface area contributed by atoms with Gasteiger partial charge in [0.1, 0.15) is 5.75 Å². The van der Waals surface area contributed by atoms with E-state index in [0.29, 0.717) is 0 Å². The predicted octanol–water partition coefficient (Wildman–Crippen LogP) is 3.64. The number of aromatic nitrogens is 1. The first-order valence-corrected chi connectivity index (χ1v) is 6.69. The average molecular weight is 309 g/mol. The number of hydrogen-bond donors (Lipinski definition) is 2. The van der Waals surface area contributed by atoms with Crippen LogP contribution >= 0.6 is 15.9 Å². The molecule has 3 nitrogen and oxygen atoms in total. The highest BCUT2D eigenvalue weighted by molar-refractivity contribution is 9.10. The number of hydrogen-bond acceptors (Lipinski definition) is 2. The van der Waals surface area contributed by atoms with Crippen LogP contribution in [-0.2, 0) is 6.54 Å². The molecule has 0 aliphatic carbocycles. The van der Waals surface area contributed by atoms with Crippen molar-refractivity contribution in [2.45, 2.75) is 19.5 Å². The molecule has 2 rings (SSSR count). The molecule has 0 aliphatic rings. The van der Waals surface area contributed by atoms with Crippen LogP contribution in [0.15, 0.2) is 41.0 Å². The minimum Gasteiger partial charge on any atom is -0.496 e. The van der Waals surface area contributed by atoms with Gasteiger partial charge in [0, 0.05) is 24.5 Å². The van der Waals surface area contributed by atoms with Gasteiger partial charge in [-0.15, -0.1) is 0 Å². The molecule has 18 heavy (non-hydrogen) atoms. The molecule has 0 amide bonds. The van der Waals surface area contributed by atoms with Crippen molar-refractivity contribution in [3.63, 3.8) is 0 Å². The van der Waals surface area contributed by atoms with E-state index in [2.05, 4.69) is 51.4 Å². The Morgan fingerprint density at radius 1 is 1.39 bits per heavy atom. The van der Waals surface area contributed by atoms with Crippen LogP contribution in [0.1, 0.15) is 24.2 Å². The number of benzene rings is 1. The van der Waals surface area contributed by atoms with Gasteiger partial charge in [0.25, 0.3) is 0 Å². The number of H-pyrrole nitrogens is 1. The van der Waals surface area contributed by atoms with E-state index < -0.39 is 0 Å². The Hall–Kier alpha value is -1.26. The van der Waals surface area contributed by atoms with Crippen molar-refractivity contribution in [1.82, 2.24) is 10.3 Å². The Kier molecular flexibility index (Phi) is 4.44. The van der Waals surface area contributed by atoms with E-state index in [1.165, 1.54) is 11.3 Å². The highest BCUT2D eigenvalue weighted by Crippen LogP contribution is 2.27. The van der Waals surface area contributed by atoms with Gasteiger partial charge in [-0.05, 0) is 52.7 Å². The molecule has 4 heteroatoms. The summed E-state index contributed by atoms with van der Waals surface area (Å²) in [6.07, 6.45) is 1.94. The molecule has 1 aromatic carbocycles. The van der Waals surface area contributed by atoms with Crippen LogP contribution in [0.2, 0.25) is 0 Å². The molecule has 0 saturated carbocycles. The number of methoxy groups -OCH3 is 1. The average Bonchev–Trinajstić information content (AvgIpc) is 2.89. The SMILES string of the molecule is COc1ccc(C(C)NCc2ccc[nH]2)cc1Br. The summed E-state index contributed by atoms with van der Waals surface area (Å²) in [4.78, 5) is 3.18. The van der Waals surface area contributed by atoms with E-state index in [-0.39, 0.29) is 6.04 Å². The second kappa shape index (κ2) is 6.07. The van der Waals surface area contributed by atoms with E-state index in [9.17, 15) is 0 Å². The molecule has 2 N–H and O–H groups in total. The summed E-state index contributed by atoms with van der Waals surface area (Å²) in [6, 6.07) is 10.5. The van der Waals surface area contributed by atoms with Gasteiger partial charge in [0.15, 0.2) is 0 Å². The zero-order valence-corrected chi connectivity index (χ0v) is 12.1. The smallest absolute Gasteiger partial charge is 0.133 e. The molecule has 0 radical (unpaired) electrons. The van der Waals surface area contributed by atoms with Gasteiger partial charge < -0.3 is 15.0 Å². The molecule has 1 atom stereocenters. The zero-order valence-electron chi connectivity index (χ0n) is 10.5. The summed E-state index contributed by atoms with van der Waals surface area (Å²) >= 11 is 3.51. The lowest BCUT2D eigenvalue weighted by Gasteiger charge is -2.15. The molecular weight excluding hydrogens is 292 g/mol. The molecule has 1 heterocycles. The van der Waals surface area contributed by atoms with Crippen molar-refractivity contribution in [1.29, 1.82) is 0 Å². The number of aromatic amines is 1. The normalized spacial score (nSPS) is 12.4. The first-order valence-electron chi connectivity index (χ1n) is 5.90. The van der Waals surface area contributed by atoms with Crippen LogP contribution in [0.4, 0.5) is 0 Å². The summed E-state index contributed by atoms with van der Waals surface area (Å²) in [7, 11) is 1.67. The molecule has 96 valence electrons. The Morgan fingerprint density at radius 2 is 2.22 bits per heavy atom. The largest absolute Gasteiger partial charge is 0.496 e. The maximum Gasteiger partial charge on any atom is 0.133 e. The number of rotatable bonds is 5. The second-order valence-corrected chi connectivity index (χ2v) is 5.05. The third kappa shape index (κ3) is 3.15. The van der Waals surface area contributed by atoms with E-state index in [4.69, 9.17) is 4.74 Å². The zero-order chi connectivity index (χ0) is 13.0. The van der Waals surface area contributed by atoms with Gasteiger partial charge in [-0.25, -0.2) is 0 Å². The quantitative estimate of drug-likeness (QED) is 0.885. The van der Waals surface area contributed by atoms with E-state index in [0.717, 1.165) is 16.8 Å². The summed E-state index contributed by atoms with van der Waals surface area (Å²) < 4.78 is 6.21. The van der Waals surface area contributed by atoms with Crippen molar-refractivity contribution < 1.29 is 4.74 Å². The predicted molar refractivity (Wildman–Crippen MR) is 76.7 cm³/mol. The van der Waals surface area contributed by atoms with Gasteiger partial charge in [-0.2, -0.15) is 0 Å². The van der Waals surface area contributed by atoms with E-state index in [1.54, 1.807) is 7.11 Å². The van der Waals surface area contributed by atoms with Crippen LogP contribution in [0, 0.1) is 0 Å². The molecule has 0 saturated heterocycles. The van der Waals surface area contributed by atoms with Crippen molar-refractivity contribution >= 4 is 15.9 Å². The van der Waals surface area contributed by atoms with Crippen LogP contribution in [-0.4, -0.2) is 12.1 Å². The molecule has 1 aromatic heterocycles. The summed E-state index contributed by atoms with van der Waals surface area (Å²) in [5.74, 6) is 0.857. The van der Waals surface area contributed by atoms with Gasteiger partial charge in [0.2, 0.25) is 0 Å². The van der Waals surface area contributed by atoms with Gasteiger partial charge >= 0.3 is 0 Å². The summed E-state index contributed by atoms with van der Waals surface area (Å²) in [5.41, 5.74) is 2.42. The Balaban J connectivity index is 2.00. The minimum absolute atomic E-state index is 0.288. The van der Waals surface area contributed by atoms with Crippen molar-refractivity contribution in [2.24, 2.45) is 0 Å². The fourth-order valence-electron chi connectivity index (χ4n) is 1.81. The molecule has 0 spiro atoms. The Labute approximate surface area is 116 Å². The lowest BCUT2D eigenvalue weighted by Crippen LogP contribution is -2.18. The first kappa shape index (κ1) is 13.2. The summed E-state index contributed by atoms with van der Waals surface area (Å²) in [6.45, 7) is 2.98. The molecule has 1 unspecified atom stereocenters. The Bertz CT molecular complexity index is 497. The maximum atomic E-state index is 5.23. The number of halogens is 1. The number of nitrogens with one attached hydrogen (secondary N) is 2. The standard InChI is InChI=1S/C14H17BrN2O/c1-10(17-9-12-4-3-7-16-12)11-5-6-14(18-2)13(15)8-11/h3-8,10,16-17H,9H2,1-2H3. The van der Waals surface area contributed by atoms with Gasteiger partial charge in [0.05, 0.1) is 11.6 Å². The van der Waals surface area contributed by atoms with Gasteiger partial charge in [-0.3, -0.25) is 0 Å². The van der Waals surface area contributed by atoms with E-state index >= 15 is 0 Å². The van der Waals surface area contributed by atoms with Crippen LogP contribution < -0.4 is 10.1 Å². The molecule has 0 aliphatic heterocycles. The summed E-state index contributed by atoms with van der Waals surface area (Å²) in [5, 5.41) is 3.47. The van der Waals surface area contributed by atoms with E-state index in [1.807, 2.05) is 18.3 Å². The third-order valence-corrected chi connectivity index (χ3v) is 3.56. The topological polar surface area (TPSA) is 37.0 Å². The van der Waals surface area contributed by atoms with Crippen molar-refractivity contribution in [3.05, 3.63) is 52.3 Å². The fraction of sp³-hybridized carbons (Fsp3) is 0.286.